The minimum Gasteiger partial charge on any atom is -0.341 e. The summed E-state index contributed by atoms with van der Waals surface area (Å²) in [7, 11) is -3.44. The maximum absolute atomic E-state index is 12.5. The van der Waals surface area contributed by atoms with Crippen LogP contribution in [0.5, 0.6) is 0 Å². The molecule has 0 unspecified atom stereocenters. The average molecular weight is 433 g/mol. The SMILES string of the molecule is C[C@@H]1CCCN(c2ncc(S(C)(=O)=O)c(C3CCN(C(=O)c4ccn[nH]4)CC3)n2)C1. The summed E-state index contributed by atoms with van der Waals surface area (Å²) in [5.41, 5.74) is 1.06. The van der Waals surface area contributed by atoms with Crippen LogP contribution < -0.4 is 4.90 Å². The number of amides is 1. The summed E-state index contributed by atoms with van der Waals surface area (Å²) >= 11 is 0. The summed E-state index contributed by atoms with van der Waals surface area (Å²) in [5.74, 6) is 1.07. The molecule has 162 valence electrons. The lowest BCUT2D eigenvalue weighted by atomic mass is 9.93. The maximum Gasteiger partial charge on any atom is 0.271 e. The van der Waals surface area contributed by atoms with Gasteiger partial charge in [-0.3, -0.25) is 9.89 Å². The first-order chi connectivity index (χ1) is 14.3. The third kappa shape index (κ3) is 4.33. The van der Waals surface area contributed by atoms with Crippen molar-refractivity contribution >= 4 is 21.7 Å². The van der Waals surface area contributed by atoms with E-state index in [0.29, 0.717) is 49.2 Å². The van der Waals surface area contributed by atoms with Gasteiger partial charge < -0.3 is 9.80 Å². The molecule has 1 atom stereocenters. The first kappa shape index (κ1) is 20.8. The topological polar surface area (TPSA) is 112 Å². The number of nitrogens with zero attached hydrogens (tertiary/aromatic N) is 5. The van der Waals surface area contributed by atoms with E-state index in [-0.39, 0.29) is 16.7 Å². The van der Waals surface area contributed by atoms with Gasteiger partial charge in [-0.15, -0.1) is 0 Å². The number of likely N-dealkylation sites (tertiary alicyclic amines) is 1. The predicted octanol–water partition coefficient (Wildman–Crippen LogP) is 1.86. The molecule has 4 heterocycles. The van der Waals surface area contributed by atoms with Gasteiger partial charge in [-0.2, -0.15) is 5.10 Å². The molecule has 0 radical (unpaired) electrons. The molecule has 0 aliphatic carbocycles. The third-order valence-corrected chi connectivity index (χ3v) is 7.12. The van der Waals surface area contributed by atoms with Crippen molar-refractivity contribution in [3.8, 4) is 0 Å². The molecule has 0 aromatic carbocycles. The number of anilines is 1. The van der Waals surface area contributed by atoms with Gasteiger partial charge in [0.2, 0.25) is 5.95 Å². The van der Waals surface area contributed by atoms with Crippen molar-refractivity contribution in [3.63, 3.8) is 0 Å². The van der Waals surface area contributed by atoms with Crippen molar-refractivity contribution in [1.29, 1.82) is 0 Å². The van der Waals surface area contributed by atoms with Crippen molar-refractivity contribution in [2.45, 2.75) is 43.4 Å². The Labute approximate surface area is 176 Å². The summed E-state index contributed by atoms with van der Waals surface area (Å²) < 4.78 is 24.8. The minimum absolute atomic E-state index is 0.0236. The highest BCUT2D eigenvalue weighted by atomic mass is 32.2. The fraction of sp³-hybridized carbons (Fsp3) is 0.600. The smallest absolute Gasteiger partial charge is 0.271 e. The molecule has 9 nitrogen and oxygen atoms in total. The zero-order chi connectivity index (χ0) is 21.3. The Morgan fingerprint density at radius 3 is 2.60 bits per heavy atom. The standard InChI is InChI=1S/C20H28N6O3S/c1-14-4-3-9-26(13-14)20-21-12-17(30(2,28)29)18(23-20)15-6-10-25(11-7-15)19(27)16-5-8-22-24-16/h5,8,12,14-15H,3-4,6-7,9-11,13H2,1-2H3,(H,22,24)/t14-/m1/s1. The molecule has 2 aromatic rings. The molecule has 1 amide bonds. The van der Waals surface area contributed by atoms with Gasteiger partial charge in [0.15, 0.2) is 9.84 Å². The normalized spacial score (nSPS) is 21.1. The number of sulfone groups is 1. The largest absolute Gasteiger partial charge is 0.341 e. The van der Waals surface area contributed by atoms with Crippen LogP contribution in [0.25, 0.3) is 0 Å². The van der Waals surface area contributed by atoms with Gasteiger partial charge in [0.25, 0.3) is 5.91 Å². The zero-order valence-corrected chi connectivity index (χ0v) is 18.2. The van der Waals surface area contributed by atoms with E-state index < -0.39 is 9.84 Å². The summed E-state index contributed by atoms with van der Waals surface area (Å²) in [4.78, 5) is 25.8. The molecule has 0 saturated carbocycles. The fourth-order valence-corrected chi connectivity index (χ4v) is 5.21. The third-order valence-electron chi connectivity index (χ3n) is 6.01. The fourth-order valence-electron chi connectivity index (χ4n) is 4.38. The lowest BCUT2D eigenvalue weighted by molar-refractivity contribution is 0.0705. The summed E-state index contributed by atoms with van der Waals surface area (Å²) in [6, 6.07) is 1.66. The van der Waals surface area contributed by atoms with Crippen LogP contribution in [0, 0.1) is 5.92 Å². The summed E-state index contributed by atoms with van der Waals surface area (Å²) in [5, 5.41) is 6.54. The van der Waals surface area contributed by atoms with E-state index in [4.69, 9.17) is 4.98 Å². The zero-order valence-electron chi connectivity index (χ0n) is 17.4. The van der Waals surface area contributed by atoms with E-state index in [1.165, 1.54) is 18.9 Å². The van der Waals surface area contributed by atoms with E-state index in [1.54, 1.807) is 17.2 Å². The highest BCUT2D eigenvalue weighted by Crippen LogP contribution is 2.33. The van der Waals surface area contributed by atoms with Crippen LogP contribution in [0.4, 0.5) is 5.95 Å². The Morgan fingerprint density at radius 1 is 1.20 bits per heavy atom. The van der Waals surface area contributed by atoms with Gasteiger partial charge in [0.1, 0.15) is 10.6 Å². The highest BCUT2D eigenvalue weighted by molar-refractivity contribution is 7.90. The second kappa shape index (κ2) is 8.33. The van der Waals surface area contributed by atoms with Crippen molar-refractivity contribution in [3.05, 3.63) is 29.8 Å². The summed E-state index contributed by atoms with van der Waals surface area (Å²) in [6.07, 6.45) is 7.82. The van der Waals surface area contributed by atoms with Crippen LogP contribution >= 0.6 is 0 Å². The average Bonchev–Trinajstić information content (AvgIpc) is 3.27. The number of piperidine rings is 2. The molecule has 2 aromatic heterocycles. The number of aromatic amines is 1. The molecule has 30 heavy (non-hydrogen) atoms. The highest BCUT2D eigenvalue weighted by Gasteiger charge is 2.31. The second-order valence-corrected chi connectivity index (χ2v) is 10.4. The van der Waals surface area contributed by atoms with Gasteiger partial charge in [0, 0.05) is 44.5 Å². The number of hydrogen-bond donors (Lipinski definition) is 1. The van der Waals surface area contributed by atoms with Crippen LogP contribution in [0.15, 0.2) is 23.4 Å². The lowest BCUT2D eigenvalue weighted by Crippen LogP contribution is -2.39. The Kier molecular flexibility index (Phi) is 5.77. The monoisotopic (exact) mass is 432 g/mol. The quantitative estimate of drug-likeness (QED) is 0.785. The second-order valence-electron chi connectivity index (χ2n) is 8.42. The molecule has 0 bridgehead atoms. The molecular weight excluding hydrogens is 404 g/mol. The van der Waals surface area contributed by atoms with Gasteiger partial charge in [-0.1, -0.05) is 6.92 Å². The van der Waals surface area contributed by atoms with Crippen molar-refractivity contribution in [2.75, 3.05) is 37.3 Å². The molecule has 0 spiro atoms. The number of nitrogens with one attached hydrogen (secondary N) is 1. The number of hydrogen-bond acceptors (Lipinski definition) is 7. The Balaban J connectivity index is 1.56. The van der Waals surface area contributed by atoms with Crippen LogP contribution in [0.2, 0.25) is 0 Å². The molecule has 1 N–H and O–H groups in total. The van der Waals surface area contributed by atoms with E-state index in [0.717, 1.165) is 19.5 Å². The number of carbonyl (C=O) groups is 1. The van der Waals surface area contributed by atoms with E-state index in [1.807, 2.05) is 0 Å². The number of aromatic nitrogens is 4. The molecular formula is C20H28N6O3S. The van der Waals surface area contributed by atoms with E-state index in [9.17, 15) is 13.2 Å². The van der Waals surface area contributed by atoms with Crippen molar-refractivity contribution < 1.29 is 13.2 Å². The Hall–Kier alpha value is -2.49. The maximum atomic E-state index is 12.5. The molecule has 2 aliphatic rings. The Bertz CT molecular complexity index is 1000. The van der Waals surface area contributed by atoms with Crippen LogP contribution in [0.3, 0.4) is 0 Å². The minimum atomic E-state index is -3.44. The molecule has 2 fully saturated rings. The molecule has 2 aliphatic heterocycles. The predicted molar refractivity (Wildman–Crippen MR) is 112 cm³/mol. The molecule has 10 heteroatoms. The lowest BCUT2D eigenvalue weighted by Gasteiger charge is -2.34. The van der Waals surface area contributed by atoms with Gasteiger partial charge in [-0.25, -0.2) is 18.4 Å². The van der Waals surface area contributed by atoms with Gasteiger partial charge in [-0.05, 0) is 37.7 Å². The Morgan fingerprint density at radius 2 is 1.97 bits per heavy atom. The first-order valence-electron chi connectivity index (χ1n) is 10.4. The molecule has 2 saturated heterocycles. The van der Waals surface area contributed by atoms with Crippen LogP contribution in [0.1, 0.15) is 54.7 Å². The van der Waals surface area contributed by atoms with Crippen molar-refractivity contribution in [1.82, 2.24) is 25.1 Å². The van der Waals surface area contributed by atoms with Crippen LogP contribution in [-0.4, -0.2) is 71.8 Å². The van der Waals surface area contributed by atoms with Gasteiger partial charge in [0.05, 0.1) is 11.9 Å². The number of H-pyrrole nitrogens is 1. The van der Waals surface area contributed by atoms with Gasteiger partial charge >= 0.3 is 0 Å². The first-order valence-corrected chi connectivity index (χ1v) is 12.3. The van der Waals surface area contributed by atoms with Crippen LogP contribution in [-0.2, 0) is 9.84 Å². The van der Waals surface area contributed by atoms with Crippen molar-refractivity contribution in [2.24, 2.45) is 5.92 Å². The number of carbonyl (C=O) groups excluding carboxylic acids is 1. The van der Waals surface area contributed by atoms with E-state index >= 15 is 0 Å². The number of rotatable bonds is 4. The van der Waals surface area contributed by atoms with E-state index in [2.05, 4.69) is 27.0 Å². The molecule has 4 rings (SSSR count). The summed E-state index contributed by atoms with van der Waals surface area (Å²) in [6.45, 7) is 5.08.